The summed E-state index contributed by atoms with van der Waals surface area (Å²) >= 11 is 0. The summed E-state index contributed by atoms with van der Waals surface area (Å²) in [7, 11) is 1.69. The molecular formula is C14H17N5O2. The van der Waals surface area contributed by atoms with Gasteiger partial charge in [-0.3, -0.25) is 4.79 Å². The second kappa shape index (κ2) is 5.51. The summed E-state index contributed by atoms with van der Waals surface area (Å²) in [6, 6.07) is 3.25. The van der Waals surface area contributed by atoms with Gasteiger partial charge in [-0.25, -0.2) is 4.98 Å². The van der Waals surface area contributed by atoms with Crippen LogP contribution in [-0.2, 0) is 6.54 Å². The quantitative estimate of drug-likeness (QED) is 0.916. The maximum Gasteiger partial charge on any atom is 0.255 e. The zero-order chi connectivity index (χ0) is 14.8. The largest absolute Gasteiger partial charge is 0.384 e. The number of hydrogen-bond acceptors (Lipinski definition) is 6. The predicted molar refractivity (Wildman–Crippen MR) is 75.3 cm³/mol. The normalized spacial score (nSPS) is 14.7. The molecule has 1 aliphatic carbocycles. The molecule has 7 nitrogen and oxygen atoms in total. The van der Waals surface area contributed by atoms with E-state index >= 15 is 0 Å². The van der Waals surface area contributed by atoms with E-state index < -0.39 is 0 Å². The zero-order valence-electron chi connectivity index (χ0n) is 11.8. The van der Waals surface area contributed by atoms with Gasteiger partial charge in [0.1, 0.15) is 5.82 Å². The third kappa shape index (κ3) is 2.86. The Morgan fingerprint density at radius 2 is 2.29 bits per heavy atom. The Kier molecular flexibility index (Phi) is 3.55. The molecule has 0 radical (unpaired) electrons. The number of carbonyl (C=O) groups excluding carboxylic acids is 1. The van der Waals surface area contributed by atoms with Crippen LogP contribution in [0.15, 0.2) is 22.9 Å². The summed E-state index contributed by atoms with van der Waals surface area (Å²) in [5.41, 5.74) is 5.99. The van der Waals surface area contributed by atoms with Gasteiger partial charge in [-0.2, -0.15) is 4.98 Å². The molecular weight excluding hydrogens is 270 g/mol. The molecule has 1 saturated carbocycles. The van der Waals surface area contributed by atoms with Crippen LogP contribution >= 0.6 is 0 Å². The summed E-state index contributed by atoms with van der Waals surface area (Å²) in [6.07, 6.45) is 4.89. The fourth-order valence-electron chi connectivity index (χ4n) is 2.19. The van der Waals surface area contributed by atoms with E-state index in [9.17, 15) is 4.79 Å². The first-order chi connectivity index (χ1) is 10.1. The zero-order valence-corrected chi connectivity index (χ0v) is 11.8. The lowest BCUT2D eigenvalue weighted by molar-refractivity contribution is 0.0780. The summed E-state index contributed by atoms with van der Waals surface area (Å²) in [5, 5.41) is 3.93. The van der Waals surface area contributed by atoms with Crippen molar-refractivity contribution in [1.82, 2.24) is 20.0 Å². The average Bonchev–Trinajstić information content (AvgIpc) is 2.85. The van der Waals surface area contributed by atoms with Crippen molar-refractivity contribution in [3.05, 3.63) is 35.6 Å². The molecule has 1 amide bonds. The van der Waals surface area contributed by atoms with Crippen molar-refractivity contribution in [3.63, 3.8) is 0 Å². The molecule has 2 heterocycles. The van der Waals surface area contributed by atoms with Gasteiger partial charge in [0.05, 0.1) is 12.1 Å². The molecule has 0 aromatic carbocycles. The van der Waals surface area contributed by atoms with Gasteiger partial charge in [-0.1, -0.05) is 11.6 Å². The van der Waals surface area contributed by atoms with Crippen LogP contribution < -0.4 is 5.73 Å². The Morgan fingerprint density at radius 1 is 1.48 bits per heavy atom. The predicted octanol–water partition coefficient (Wildman–Crippen LogP) is 1.59. The van der Waals surface area contributed by atoms with E-state index in [0.29, 0.717) is 35.6 Å². The Labute approximate surface area is 122 Å². The van der Waals surface area contributed by atoms with Crippen LogP contribution in [0, 0.1) is 0 Å². The highest BCUT2D eigenvalue weighted by Gasteiger charge is 2.25. The van der Waals surface area contributed by atoms with Crippen molar-refractivity contribution in [2.24, 2.45) is 0 Å². The summed E-state index contributed by atoms with van der Waals surface area (Å²) < 4.78 is 5.24. The molecule has 0 spiro atoms. The number of carbonyl (C=O) groups is 1. The molecule has 1 fully saturated rings. The molecule has 0 aliphatic heterocycles. The second-order valence-electron chi connectivity index (χ2n) is 5.31. The number of hydrogen-bond donors (Lipinski definition) is 1. The molecule has 3 rings (SSSR count). The second-order valence-corrected chi connectivity index (χ2v) is 5.31. The fourth-order valence-corrected chi connectivity index (χ4v) is 2.19. The molecule has 7 heteroatoms. The van der Waals surface area contributed by atoms with Crippen molar-refractivity contribution in [2.45, 2.75) is 31.7 Å². The van der Waals surface area contributed by atoms with Crippen LogP contribution in [0.3, 0.4) is 0 Å². The lowest BCUT2D eigenvalue weighted by Crippen LogP contribution is -2.27. The monoisotopic (exact) mass is 287 g/mol. The van der Waals surface area contributed by atoms with E-state index in [2.05, 4.69) is 15.1 Å². The molecule has 1 aliphatic rings. The van der Waals surface area contributed by atoms with Crippen LogP contribution in [0.25, 0.3) is 0 Å². The number of nitrogen functional groups attached to an aromatic ring is 1. The van der Waals surface area contributed by atoms with E-state index in [1.54, 1.807) is 19.2 Å². The van der Waals surface area contributed by atoms with Crippen LogP contribution in [0.2, 0.25) is 0 Å². The number of nitrogens with two attached hydrogens (primary N) is 1. The van der Waals surface area contributed by atoms with Gasteiger partial charge >= 0.3 is 0 Å². The van der Waals surface area contributed by atoms with Crippen LogP contribution in [-0.4, -0.2) is 33.0 Å². The van der Waals surface area contributed by atoms with Crippen LogP contribution in [0.4, 0.5) is 5.82 Å². The molecule has 0 bridgehead atoms. The molecule has 2 N–H and O–H groups in total. The van der Waals surface area contributed by atoms with Gasteiger partial charge in [-0.15, -0.1) is 0 Å². The van der Waals surface area contributed by atoms with Crippen molar-refractivity contribution in [3.8, 4) is 0 Å². The number of anilines is 1. The third-order valence-corrected chi connectivity index (χ3v) is 3.70. The van der Waals surface area contributed by atoms with E-state index in [0.717, 1.165) is 12.8 Å². The van der Waals surface area contributed by atoms with Gasteiger partial charge in [0.25, 0.3) is 5.91 Å². The number of amides is 1. The minimum atomic E-state index is -0.155. The van der Waals surface area contributed by atoms with E-state index in [-0.39, 0.29) is 5.91 Å². The number of pyridine rings is 1. The van der Waals surface area contributed by atoms with E-state index in [1.165, 1.54) is 17.5 Å². The van der Waals surface area contributed by atoms with Crippen LogP contribution in [0.5, 0.6) is 0 Å². The van der Waals surface area contributed by atoms with Gasteiger partial charge in [0.15, 0.2) is 5.82 Å². The minimum absolute atomic E-state index is 0.155. The van der Waals surface area contributed by atoms with Crippen LogP contribution in [0.1, 0.15) is 47.3 Å². The van der Waals surface area contributed by atoms with Gasteiger partial charge in [0.2, 0.25) is 5.89 Å². The number of aromatic nitrogens is 3. The highest BCUT2D eigenvalue weighted by atomic mass is 16.5. The molecule has 0 unspecified atom stereocenters. The van der Waals surface area contributed by atoms with Crippen molar-refractivity contribution in [2.75, 3.05) is 12.8 Å². The first-order valence-corrected chi connectivity index (χ1v) is 6.93. The Balaban J connectivity index is 1.64. The average molecular weight is 287 g/mol. The van der Waals surface area contributed by atoms with E-state index in [1.807, 2.05) is 0 Å². The third-order valence-electron chi connectivity index (χ3n) is 3.70. The maximum absolute atomic E-state index is 12.2. The van der Waals surface area contributed by atoms with Crippen molar-refractivity contribution < 1.29 is 9.32 Å². The minimum Gasteiger partial charge on any atom is -0.384 e. The summed E-state index contributed by atoms with van der Waals surface area (Å²) in [6.45, 7) is 0.305. The molecule has 110 valence electrons. The lowest BCUT2D eigenvalue weighted by atomic mass is 9.85. The maximum atomic E-state index is 12.2. The molecule has 0 atom stereocenters. The summed E-state index contributed by atoms with van der Waals surface area (Å²) in [5.74, 6) is 1.84. The standard InChI is InChI=1S/C14H17N5O2/c1-19(14(20)10-5-6-11(15)16-7-10)8-12-17-13(21-18-12)9-3-2-4-9/h5-7,9H,2-4,8H2,1H3,(H2,15,16). The van der Waals surface area contributed by atoms with E-state index in [4.69, 9.17) is 10.3 Å². The van der Waals surface area contributed by atoms with Crippen molar-refractivity contribution >= 4 is 11.7 Å². The SMILES string of the molecule is CN(Cc1noc(C2CCC2)n1)C(=O)c1ccc(N)nc1. The van der Waals surface area contributed by atoms with Gasteiger partial charge in [-0.05, 0) is 25.0 Å². The smallest absolute Gasteiger partial charge is 0.255 e. The molecule has 2 aromatic rings. The van der Waals surface area contributed by atoms with Crippen molar-refractivity contribution in [1.29, 1.82) is 0 Å². The van der Waals surface area contributed by atoms with Gasteiger partial charge < -0.3 is 15.2 Å². The Morgan fingerprint density at radius 3 is 2.90 bits per heavy atom. The molecule has 21 heavy (non-hydrogen) atoms. The fraction of sp³-hybridized carbons (Fsp3) is 0.429. The lowest BCUT2D eigenvalue weighted by Gasteiger charge is -2.20. The highest BCUT2D eigenvalue weighted by molar-refractivity contribution is 5.93. The first-order valence-electron chi connectivity index (χ1n) is 6.93. The first kappa shape index (κ1) is 13.5. The highest BCUT2D eigenvalue weighted by Crippen LogP contribution is 2.35. The molecule has 2 aromatic heterocycles. The number of nitrogens with zero attached hydrogens (tertiary/aromatic N) is 4. The molecule has 0 saturated heterocycles. The topological polar surface area (TPSA) is 98.1 Å². The van der Waals surface area contributed by atoms with Gasteiger partial charge in [0, 0.05) is 19.2 Å². The Hall–Kier alpha value is -2.44. The Bertz CT molecular complexity index is 633. The summed E-state index contributed by atoms with van der Waals surface area (Å²) in [4.78, 5) is 22.0. The number of rotatable bonds is 4.